The second-order valence-corrected chi connectivity index (χ2v) is 6.31. The van der Waals surface area contributed by atoms with Crippen LogP contribution in [-0.4, -0.2) is 24.3 Å². The summed E-state index contributed by atoms with van der Waals surface area (Å²) >= 11 is 7.69. The lowest BCUT2D eigenvalue weighted by molar-refractivity contribution is -0.130. The average molecular weight is 367 g/mol. The molecule has 0 spiro atoms. The van der Waals surface area contributed by atoms with E-state index < -0.39 is 5.97 Å². The van der Waals surface area contributed by atoms with Gasteiger partial charge in [0.15, 0.2) is 11.5 Å². The number of carbonyl (C=O) groups is 1. The van der Waals surface area contributed by atoms with Crippen LogP contribution in [0, 0.1) is 0 Å². The summed E-state index contributed by atoms with van der Waals surface area (Å²) in [4.78, 5) is 12.2. The minimum Gasteiger partial charge on any atom is -0.490 e. The zero-order chi connectivity index (χ0) is 17.5. The lowest BCUT2D eigenvalue weighted by atomic mass is 10.1. The Kier molecular flexibility index (Phi) is 6.70. The Morgan fingerprint density at radius 3 is 2.71 bits per heavy atom. The molecule has 4 nitrogen and oxygen atoms in total. The fourth-order valence-corrected chi connectivity index (χ4v) is 3.12. The molecule has 0 saturated carbocycles. The Morgan fingerprint density at radius 2 is 2.12 bits per heavy atom. The van der Waals surface area contributed by atoms with Gasteiger partial charge < -0.3 is 14.6 Å². The number of hydrogen-bond donors (Lipinski definition) is 1. The van der Waals surface area contributed by atoms with Gasteiger partial charge in [0, 0.05) is 4.88 Å². The molecule has 1 N–H and O–H groups in total. The van der Waals surface area contributed by atoms with E-state index in [1.54, 1.807) is 24.3 Å². The summed E-state index contributed by atoms with van der Waals surface area (Å²) < 4.78 is 11.3. The predicted molar refractivity (Wildman–Crippen MR) is 98.2 cm³/mol. The first-order valence-electron chi connectivity index (χ1n) is 7.64. The van der Waals surface area contributed by atoms with Gasteiger partial charge >= 0.3 is 5.97 Å². The Morgan fingerprint density at radius 1 is 1.33 bits per heavy atom. The van der Waals surface area contributed by atoms with Gasteiger partial charge in [-0.2, -0.15) is 0 Å². The number of ether oxygens (including phenoxy) is 2. The standard InChI is InChI=1S/C18H19ClO4S/c1-3-7-23-17-14(19)10-12(11-15(17)22-4-2)9-13(18(20)21)16-6-5-8-24-16/h5-6,8-11H,3-4,7H2,1-2H3,(H,20,21)/b13-9-. The van der Waals surface area contributed by atoms with Crippen molar-refractivity contribution in [3.63, 3.8) is 0 Å². The third-order valence-electron chi connectivity index (χ3n) is 3.11. The fourth-order valence-electron chi connectivity index (χ4n) is 2.12. The molecular formula is C18H19ClO4S. The smallest absolute Gasteiger partial charge is 0.337 e. The third kappa shape index (κ3) is 4.52. The predicted octanol–water partition coefficient (Wildman–Crippen LogP) is 5.21. The molecule has 0 unspecified atom stereocenters. The van der Waals surface area contributed by atoms with E-state index in [1.165, 1.54) is 11.3 Å². The minimum atomic E-state index is -0.988. The number of carboxylic acid groups (broad SMARTS) is 1. The van der Waals surface area contributed by atoms with E-state index in [1.807, 2.05) is 25.3 Å². The van der Waals surface area contributed by atoms with E-state index in [4.69, 9.17) is 21.1 Å². The van der Waals surface area contributed by atoms with E-state index >= 15 is 0 Å². The molecular weight excluding hydrogens is 348 g/mol. The monoisotopic (exact) mass is 366 g/mol. The SMILES string of the molecule is CCCOc1c(Cl)cc(/C=C(\C(=O)O)c2cccs2)cc1OCC. The Labute approximate surface area is 150 Å². The molecule has 1 aromatic heterocycles. The number of aliphatic carboxylic acids is 1. The molecule has 2 rings (SSSR count). The van der Waals surface area contributed by atoms with Crippen molar-refractivity contribution in [1.29, 1.82) is 0 Å². The van der Waals surface area contributed by atoms with Gasteiger partial charge in [0.1, 0.15) is 0 Å². The molecule has 1 aromatic carbocycles. The Hall–Kier alpha value is -1.98. The Balaban J connectivity index is 2.46. The van der Waals surface area contributed by atoms with Crippen molar-refractivity contribution in [2.24, 2.45) is 0 Å². The molecule has 6 heteroatoms. The largest absolute Gasteiger partial charge is 0.490 e. The molecule has 0 radical (unpaired) electrons. The van der Waals surface area contributed by atoms with Crippen LogP contribution in [0.25, 0.3) is 11.6 Å². The maximum Gasteiger partial charge on any atom is 0.337 e. The molecule has 0 bridgehead atoms. The van der Waals surface area contributed by atoms with Crippen LogP contribution < -0.4 is 9.47 Å². The van der Waals surface area contributed by atoms with E-state index in [9.17, 15) is 9.90 Å². The van der Waals surface area contributed by atoms with Crippen molar-refractivity contribution in [2.75, 3.05) is 13.2 Å². The molecule has 0 aliphatic heterocycles. The molecule has 0 fully saturated rings. The van der Waals surface area contributed by atoms with Crippen LogP contribution in [0.2, 0.25) is 5.02 Å². The van der Waals surface area contributed by atoms with Crippen LogP contribution >= 0.6 is 22.9 Å². The number of hydrogen-bond acceptors (Lipinski definition) is 4. The highest BCUT2D eigenvalue weighted by atomic mass is 35.5. The lowest BCUT2D eigenvalue weighted by Crippen LogP contribution is -2.02. The topological polar surface area (TPSA) is 55.8 Å². The van der Waals surface area contributed by atoms with Crippen molar-refractivity contribution >= 4 is 40.6 Å². The quantitative estimate of drug-likeness (QED) is 0.651. The van der Waals surface area contributed by atoms with Crippen molar-refractivity contribution in [3.05, 3.63) is 45.1 Å². The van der Waals surface area contributed by atoms with Crippen molar-refractivity contribution in [3.8, 4) is 11.5 Å². The maximum atomic E-state index is 11.6. The number of thiophene rings is 1. The summed E-state index contributed by atoms with van der Waals surface area (Å²) in [6.45, 7) is 4.87. The van der Waals surface area contributed by atoms with Crippen LogP contribution in [0.4, 0.5) is 0 Å². The van der Waals surface area contributed by atoms with Crippen molar-refractivity contribution in [2.45, 2.75) is 20.3 Å². The summed E-state index contributed by atoms with van der Waals surface area (Å²) in [5.41, 5.74) is 0.865. The first kappa shape index (κ1) is 18.4. The van der Waals surface area contributed by atoms with E-state index in [2.05, 4.69) is 0 Å². The summed E-state index contributed by atoms with van der Waals surface area (Å²) in [5, 5.41) is 11.7. The van der Waals surface area contributed by atoms with Crippen LogP contribution in [0.15, 0.2) is 29.6 Å². The van der Waals surface area contributed by atoms with Gasteiger partial charge in [-0.25, -0.2) is 4.79 Å². The number of carboxylic acids is 1. The fraction of sp³-hybridized carbons (Fsp3) is 0.278. The zero-order valence-electron chi connectivity index (χ0n) is 13.5. The van der Waals surface area contributed by atoms with Gasteiger partial charge in [-0.3, -0.25) is 0 Å². The number of halogens is 1. The van der Waals surface area contributed by atoms with E-state index in [0.717, 1.165) is 6.42 Å². The molecule has 0 amide bonds. The van der Waals surface area contributed by atoms with Crippen LogP contribution in [0.5, 0.6) is 11.5 Å². The summed E-state index contributed by atoms with van der Waals surface area (Å²) in [7, 11) is 0. The Bertz CT molecular complexity index is 723. The van der Waals surface area contributed by atoms with Gasteiger partial charge in [-0.05, 0) is 48.6 Å². The van der Waals surface area contributed by atoms with Gasteiger partial charge in [-0.15, -0.1) is 11.3 Å². The van der Waals surface area contributed by atoms with Crippen molar-refractivity contribution in [1.82, 2.24) is 0 Å². The molecule has 0 aliphatic carbocycles. The average Bonchev–Trinajstić information content (AvgIpc) is 3.06. The van der Waals surface area contributed by atoms with Gasteiger partial charge in [0.05, 0.1) is 23.8 Å². The van der Waals surface area contributed by atoms with Crippen LogP contribution in [0.1, 0.15) is 30.7 Å². The lowest BCUT2D eigenvalue weighted by Gasteiger charge is -2.14. The van der Waals surface area contributed by atoms with Gasteiger partial charge in [0.25, 0.3) is 0 Å². The van der Waals surface area contributed by atoms with Crippen LogP contribution in [0.3, 0.4) is 0 Å². The molecule has 128 valence electrons. The summed E-state index contributed by atoms with van der Waals surface area (Å²) in [6.07, 6.45) is 2.44. The maximum absolute atomic E-state index is 11.6. The first-order chi connectivity index (χ1) is 11.6. The molecule has 2 aromatic rings. The van der Waals surface area contributed by atoms with E-state index in [0.29, 0.717) is 40.2 Å². The molecule has 24 heavy (non-hydrogen) atoms. The van der Waals surface area contributed by atoms with Crippen LogP contribution in [-0.2, 0) is 4.79 Å². The van der Waals surface area contributed by atoms with E-state index in [-0.39, 0.29) is 5.57 Å². The highest BCUT2D eigenvalue weighted by Crippen LogP contribution is 2.38. The second kappa shape index (κ2) is 8.76. The number of rotatable bonds is 8. The molecule has 0 aliphatic rings. The van der Waals surface area contributed by atoms with Crippen molar-refractivity contribution < 1.29 is 19.4 Å². The highest BCUT2D eigenvalue weighted by Gasteiger charge is 2.15. The third-order valence-corrected chi connectivity index (χ3v) is 4.29. The first-order valence-corrected chi connectivity index (χ1v) is 8.90. The zero-order valence-corrected chi connectivity index (χ0v) is 15.1. The number of benzene rings is 1. The summed E-state index contributed by atoms with van der Waals surface area (Å²) in [5.74, 6) is 0.0176. The highest BCUT2D eigenvalue weighted by molar-refractivity contribution is 7.11. The summed E-state index contributed by atoms with van der Waals surface area (Å²) in [6, 6.07) is 7.02. The van der Waals surface area contributed by atoms with Gasteiger partial charge in [0.2, 0.25) is 0 Å². The molecule has 0 atom stereocenters. The van der Waals surface area contributed by atoms with Gasteiger partial charge in [-0.1, -0.05) is 24.6 Å². The normalized spacial score (nSPS) is 11.4. The minimum absolute atomic E-state index is 0.214. The molecule has 1 heterocycles. The molecule has 0 saturated heterocycles. The second-order valence-electron chi connectivity index (χ2n) is 4.95.